The lowest BCUT2D eigenvalue weighted by Crippen LogP contribution is -2.13. The van der Waals surface area contributed by atoms with Gasteiger partial charge in [0, 0.05) is 23.9 Å². The second-order valence-electron chi connectivity index (χ2n) is 7.70. The summed E-state index contributed by atoms with van der Waals surface area (Å²) in [6, 6.07) is 9.38. The first-order valence-electron chi connectivity index (χ1n) is 10.2. The molecule has 1 aliphatic heterocycles. The summed E-state index contributed by atoms with van der Waals surface area (Å²) < 4.78 is 26.7. The van der Waals surface area contributed by atoms with Gasteiger partial charge in [0.1, 0.15) is 11.3 Å². The number of aryl methyl sites for hydroxylation is 2. The summed E-state index contributed by atoms with van der Waals surface area (Å²) in [5.74, 6) is 0.226. The number of carbonyl (C=O) groups excluding carboxylic acids is 2. The van der Waals surface area contributed by atoms with E-state index in [0.29, 0.717) is 22.4 Å². The minimum Gasteiger partial charge on any atom is -0.463 e. The zero-order valence-corrected chi connectivity index (χ0v) is 17.9. The number of hydrogen-bond acceptors (Lipinski definition) is 8. The van der Waals surface area contributed by atoms with Crippen LogP contribution in [0, 0.1) is 6.92 Å². The molecule has 2 heterocycles. The van der Waals surface area contributed by atoms with Crippen molar-refractivity contribution in [1.82, 2.24) is 0 Å². The molecule has 0 aliphatic carbocycles. The summed E-state index contributed by atoms with van der Waals surface area (Å²) in [4.78, 5) is 36.7. The summed E-state index contributed by atoms with van der Waals surface area (Å²) in [6.07, 6.45) is 0.164. The van der Waals surface area contributed by atoms with Crippen LogP contribution in [0.2, 0.25) is 0 Å². The number of esters is 2. The number of rotatable bonds is 6. The van der Waals surface area contributed by atoms with Crippen LogP contribution in [-0.2, 0) is 16.0 Å². The zero-order chi connectivity index (χ0) is 22.8. The maximum absolute atomic E-state index is 12.8. The largest absolute Gasteiger partial charge is 0.463 e. The molecule has 166 valence electrons. The van der Waals surface area contributed by atoms with Crippen molar-refractivity contribution < 1.29 is 33.0 Å². The highest BCUT2D eigenvalue weighted by Gasteiger charge is 2.20. The normalized spacial score (nSPS) is 12.2. The van der Waals surface area contributed by atoms with Gasteiger partial charge in [0.15, 0.2) is 11.5 Å². The van der Waals surface area contributed by atoms with E-state index in [4.69, 9.17) is 23.4 Å². The lowest BCUT2D eigenvalue weighted by Gasteiger charge is -2.13. The first-order chi connectivity index (χ1) is 15.3. The van der Waals surface area contributed by atoms with Gasteiger partial charge in [-0.25, -0.2) is 9.59 Å². The van der Waals surface area contributed by atoms with Crippen molar-refractivity contribution >= 4 is 22.9 Å². The topological polar surface area (TPSA) is 101 Å². The van der Waals surface area contributed by atoms with Crippen molar-refractivity contribution in [2.45, 2.75) is 39.7 Å². The molecule has 4 rings (SSSR count). The number of ether oxygens (including phenoxy) is 4. The molecular weight excluding hydrogens is 416 g/mol. The van der Waals surface area contributed by atoms with E-state index in [1.807, 2.05) is 0 Å². The molecule has 0 saturated heterocycles. The minimum absolute atomic E-state index is 0.0908. The molecular formula is C24H22O8. The van der Waals surface area contributed by atoms with Gasteiger partial charge in [-0.05, 0) is 62.6 Å². The second-order valence-corrected chi connectivity index (χ2v) is 7.70. The third kappa shape index (κ3) is 4.59. The van der Waals surface area contributed by atoms with Crippen molar-refractivity contribution in [3.63, 3.8) is 0 Å². The molecule has 0 radical (unpaired) electrons. The van der Waals surface area contributed by atoms with Crippen LogP contribution in [0.1, 0.15) is 41.8 Å². The molecule has 3 aromatic rings. The van der Waals surface area contributed by atoms with Gasteiger partial charge in [-0.15, -0.1) is 0 Å². The lowest BCUT2D eigenvalue weighted by atomic mass is 10.0. The molecule has 8 nitrogen and oxygen atoms in total. The highest BCUT2D eigenvalue weighted by Crippen LogP contribution is 2.34. The smallest absolute Gasteiger partial charge is 0.343 e. The Bertz CT molecular complexity index is 1250. The number of hydrogen-bond donors (Lipinski definition) is 0. The summed E-state index contributed by atoms with van der Waals surface area (Å²) >= 11 is 0. The molecule has 0 saturated carbocycles. The van der Waals surface area contributed by atoms with Crippen LogP contribution in [0.5, 0.6) is 17.2 Å². The van der Waals surface area contributed by atoms with E-state index in [0.717, 1.165) is 5.56 Å². The van der Waals surface area contributed by atoms with E-state index in [1.165, 1.54) is 18.2 Å². The van der Waals surface area contributed by atoms with Gasteiger partial charge in [-0.2, -0.15) is 0 Å². The Hall–Kier alpha value is -3.81. The fourth-order valence-electron chi connectivity index (χ4n) is 3.42. The predicted molar refractivity (Wildman–Crippen MR) is 114 cm³/mol. The number of benzene rings is 2. The van der Waals surface area contributed by atoms with Gasteiger partial charge < -0.3 is 23.4 Å². The van der Waals surface area contributed by atoms with Crippen LogP contribution in [-0.4, -0.2) is 24.8 Å². The molecule has 8 heteroatoms. The summed E-state index contributed by atoms with van der Waals surface area (Å²) in [7, 11) is 0. The van der Waals surface area contributed by atoms with Crippen LogP contribution in [0.3, 0.4) is 0 Å². The molecule has 0 N–H and O–H groups in total. The Kier molecular flexibility index (Phi) is 5.85. The van der Waals surface area contributed by atoms with Crippen molar-refractivity contribution in [2.75, 3.05) is 6.79 Å². The van der Waals surface area contributed by atoms with E-state index in [2.05, 4.69) is 0 Å². The molecule has 0 spiro atoms. The molecule has 0 fully saturated rings. The highest BCUT2D eigenvalue weighted by atomic mass is 16.7. The molecule has 32 heavy (non-hydrogen) atoms. The van der Waals surface area contributed by atoms with Crippen molar-refractivity contribution in [2.24, 2.45) is 0 Å². The van der Waals surface area contributed by atoms with Gasteiger partial charge in [0.25, 0.3) is 0 Å². The molecule has 0 atom stereocenters. The zero-order valence-electron chi connectivity index (χ0n) is 17.9. The fraction of sp³-hybridized carbons (Fsp3) is 0.292. The Morgan fingerprint density at radius 1 is 1.06 bits per heavy atom. The molecule has 1 aromatic heterocycles. The van der Waals surface area contributed by atoms with Gasteiger partial charge in [0.2, 0.25) is 6.79 Å². The second kappa shape index (κ2) is 8.74. The summed E-state index contributed by atoms with van der Waals surface area (Å²) in [5.41, 5.74) is 1.39. The van der Waals surface area contributed by atoms with E-state index in [1.54, 1.807) is 39.0 Å². The van der Waals surface area contributed by atoms with Crippen LogP contribution in [0.25, 0.3) is 11.0 Å². The monoisotopic (exact) mass is 438 g/mol. The van der Waals surface area contributed by atoms with Crippen LogP contribution in [0.15, 0.2) is 45.6 Å². The van der Waals surface area contributed by atoms with E-state index in [9.17, 15) is 14.4 Å². The Morgan fingerprint density at radius 3 is 2.62 bits per heavy atom. The quantitative estimate of drug-likeness (QED) is 0.324. The van der Waals surface area contributed by atoms with E-state index >= 15 is 0 Å². The Morgan fingerprint density at radius 2 is 1.84 bits per heavy atom. The van der Waals surface area contributed by atoms with Crippen molar-refractivity contribution in [3.8, 4) is 17.2 Å². The van der Waals surface area contributed by atoms with E-state index < -0.39 is 11.6 Å². The van der Waals surface area contributed by atoms with Crippen LogP contribution in [0.4, 0.5) is 0 Å². The van der Waals surface area contributed by atoms with Gasteiger partial charge in [0.05, 0.1) is 11.7 Å². The third-order valence-corrected chi connectivity index (χ3v) is 4.91. The highest BCUT2D eigenvalue weighted by molar-refractivity contribution is 5.93. The first-order valence-corrected chi connectivity index (χ1v) is 10.2. The summed E-state index contributed by atoms with van der Waals surface area (Å²) in [5, 5.41) is 0.694. The van der Waals surface area contributed by atoms with Crippen LogP contribution < -0.4 is 19.8 Å². The predicted octanol–water partition coefficient (Wildman–Crippen LogP) is 3.93. The standard InChI is InChI=1S/C24H22O8/c1-13(2)30-22(25)7-5-15-9-17-14(3)8-23(26)31-20(17)11-19(15)32-24(27)16-4-6-18-21(10-16)29-12-28-18/h4,6,8-11,13H,5,7,12H2,1-3H3. The number of carbonyl (C=O) groups is 2. The third-order valence-electron chi connectivity index (χ3n) is 4.91. The SMILES string of the molecule is Cc1cc(=O)oc2cc(OC(=O)c3ccc4c(c3)OCO4)c(CCC(=O)OC(C)C)cc12. The average Bonchev–Trinajstić information content (AvgIpc) is 3.19. The van der Waals surface area contributed by atoms with Crippen molar-refractivity contribution in [1.29, 1.82) is 0 Å². The van der Waals surface area contributed by atoms with Gasteiger partial charge in [-0.1, -0.05) is 0 Å². The molecule has 0 unspecified atom stereocenters. The molecule has 1 aliphatic rings. The summed E-state index contributed by atoms with van der Waals surface area (Å²) in [6.45, 7) is 5.43. The maximum atomic E-state index is 12.8. The van der Waals surface area contributed by atoms with Crippen molar-refractivity contribution in [3.05, 3.63) is 63.5 Å². The first kappa shape index (κ1) is 21.4. The minimum atomic E-state index is -0.622. The number of fused-ring (bicyclic) bond motifs is 2. The molecule has 0 bridgehead atoms. The fourth-order valence-corrected chi connectivity index (χ4v) is 3.42. The average molecular weight is 438 g/mol. The molecule has 0 amide bonds. The van der Waals surface area contributed by atoms with Gasteiger partial charge >= 0.3 is 17.6 Å². The maximum Gasteiger partial charge on any atom is 0.343 e. The van der Waals surface area contributed by atoms with E-state index in [-0.39, 0.29) is 48.6 Å². The van der Waals surface area contributed by atoms with Gasteiger partial charge in [-0.3, -0.25) is 4.79 Å². The van der Waals surface area contributed by atoms with Crippen LogP contribution >= 0.6 is 0 Å². The lowest BCUT2D eigenvalue weighted by molar-refractivity contribution is -0.147. The molecule has 2 aromatic carbocycles. The Balaban J connectivity index is 1.66. The Labute approximate surface area is 183 Å².